The van der Waals surface area contributed by atoms with E-state index >= 15 is 0 Å². The van der Waals surface area contributed by atoms with Gasteiger partial charge in [0.1, 0.15) is 0 Å². The number of nitrogens with one attached hydrogen (secondary N) is 2. The number of rotatable bonds is 1. The first-order valence-corrected chi connectivity index (χ1v) is 3.50. The van der Waals surface area contributed by atoms with Crippen LogP contribution in [0.2, 0.25) is 0 Å². The minimum Gasteiger partial charge on any atom is -0.341 e. The molecule has 0 unspecified atom stereocenters. The molecule has 5 heteroatoms. The summed E-state index contributed by atoms with van der Waals surface area (Å²) in [6.45, 7) is 1.83. The van der Waals surface area contributed by atoms with Crippen molar-refractivity contribution in [2.75, 3.05) is 12.4 Å². The Hall–Kier alpha value is -1.65. The average Bonchev–Trinajstić information content (AvgIpc) is 2.09. The molecule has 0 aliphatic heterocycles. The summed E-state index contributed by atoms with van der Waals surface area (Å²) in [4.78, 5) is 18.7. The van der Waals surface area contributed by atoms with Crippen molar-refractivity contribution < 1.29 is 4.79 Å². The lowest BCUT2D eigenvalue weighted by molar-refractivity contribution is 0.254. The van der Waals surface area contributed by atoms with Crippen LogP contribution in [0.5, 0.6) is 0 Å². The van der Waals surface area contributed by atoms with Gasteiger partial charge in [0.05, 0.1) is 18.1 Å². The molecular weight excluding hydrogens is 156 g/mol. The highest BCUT2D eigenvalue weighted by atomic mass is 16.2. The molecule has 64 valence electrons. The summed E-state index contributed by atoms with van der Waals surface area (Å²) in [6.07, 6.45) is 3.09. The van der Waals surface area contributed by atoms with Gasteiger partial charge in [-0.05, 0) is 6.92 Å². The maximum Gasteiger partial charge on any atom is 0.320 e. The molecule has 2 N–H and O–H groups in total. The summed E-state index contributed by atoms with van der Waals surface area (Å²) in [7, 11) is 1.54. The molecule has 1 rings (SSSR count). The van der Waals surface area contributed by atoms with Crippen molar-refractivity contribution in [1.29, 1.82) is 0 Å². The van der Waals surface area contributed by atoms with Crippen molar-refractivity contribution in [3.8, 4) is 0 Å². The molecular formula is C7H10N4O. The topological polar surface area (TPSA) is 66.9 Å². The van der Waals surface area contributed by atoms with Gasteiger partial charge in [0, 0.05) is 7.05 Å². The van der Waals surface area contributed by atoms with E-state index in [0.29, 0.717) is 5.82 Å². The fraction of sp³-hybridized carbons (Fsp3) is 0.286. The summed E-state index contributed by atoms with van der Waals surface area (Å²) in [5.74, 6) is 0.444. The number of nitrogens with zero attached hydrogens (tertiary/aromatic N) is 2. The van der Waals surface area contributed by atoms with Gasteiger partial charge in [0.25, 0.3) is 0 Å². The fourth-order valence-electron chi connectivity index (χ4n) is 0.636. The van der Waals surface area contributed by atoms with E-state index < -0.39 is 0 Å². The Labute approximate surface area is 70.2 Å². The second-order valence-corrected chi connectivity index (χ2v) is 2.25. The van der Waals surface area contributed by atoms with Gasteiger partial charge in [-0.3, -0.25) is 10.3 Å². The average molecular weight is 166 g/mol. The lowest BCUT2D eigenvalue weighted by Crippen LogP contribution is -2.25. The van der Waals surface area contributed by atoms with Gasteiger partial charge in [0.15, 0.2) is 5.82 Å². The molecule has 0 aliphatic carbocycles. The molecule has 0 radical (unpaired) electrons. The zero-order valence-electron chi connectivity index (χ0n) is 6.96. The first-order valence-electron chi connectivity index (χ1n) is 3.50. The smallest absolute Gasteiger partial charge is 0.320 e. The number of amides is 2. The lowest BCUT2D eigenvalue weighted by Gasteiger charge is -2.01. The van der Waals surface area contributed by atoms with Crippen LogP contribution in [-0.4, -0.2) is 23.0 Å². The van der Waals surface area contributed by atoms with Crippen molar-refractivity contribution in [2.45, 2.75) is 6.92 Å². The molecule has 5 nitrogen and oxygen atoms in total. The van der Waals surface area contributed by atoms with Crippen molar-refractivity contribution in [2.24, 2.45) is 0 Å². The molecule has 0 spiro atoms. The Balaban J connectivity index is 2.64. The quantitative estimate of drug-likeness (QED) is 0.639. The number of carbonyl (C=O) groups is 1. The third-order valence-corrected chi connectivity index (χ3v) is 1.25. The third-order valence-electron chi connectivity index (χ3n) is 1.25. The Bertz CT molecular complexity index is 269. The van der Waals surface area contributed by atoms with Crippen LogP contribution in [0, 0.1) is 6.92 Å². The molecule has 12 heavy (non-hydrogen) atoms. The maximum atomic E-state index is 10.8. The SMILES string of the molecule is CNC(=O)Nc1cnc(C)cn1. The molecule has 1 aromatic heterocycles. The largest absolute Gasteiger partial charge is 0.341 e. The Morgan fingerprint density at radius 2 is 2.17 bits per heavy atom. The van der Waals surface area contributed by atoms with Crippen molar-refractivity contribution in [1.82, 2.24) is 15.3 Å². The highest BCUT2D eigenvalue weighted by molar-refractivity contribution is 5.87. The predicted molar refractivity (Wildman–Crippen MR) is 44.8 cm³/mol. The first kappa shape index (κ1) is 8.45. The van der Waals surface area contributed by atoms with Crippen LogP contribution in [0.15, 0.2) is 12.4 Å². The summed E-state index contributed by atoms with van der Waals surface area (Å²) < 4.78 is 0. The highest BCUT2D eigenvalue weighted by Gasteiger charge is 1.98. The van der Waals surface area contributed by atoms with E-state index in [0.717, 1.165) is 5.69 Å². The second-order valence-electron chi connectivity index (χ2n) is 2.25. The van der Waals surface area contributed by atoms with E-state index in [1.165, 1.54) is 13.2 Å². The number of urea groups is 1. The summed E-state index contributed by atoms with van der Waals surface area (Å²) >= 11 is 0. The number of aromatic nitrogens is 2. The minimum atomic E-state index is -0.298. The number of hydrogen-bond donors (Lipinski definition) is 2. The third kappa shape index (κ3) is 2.19. The van der Waals surface area contributed by atoms with E-state index in [2.05, 4.69) is 20.6 Å². The molecule has 0 atom stereocenters. The normalized spacial score (nSPS) is 9.17. The predicted octanol–water partition coefficient (Wildman–Crippen LogP) is 0.536. The van der Waals surface area contributed by atoms with Gasteiger partial charge in [0.2, 0.25) is 0 Å². The number of hydrogen-bond acceptors (Lipinski definition) is 3. The molecule has 1 aromatic rings. The van der Waals surface area contributed by atoms with Crippen LogP contribution in [-0.2, 0) is 0 Å². The van der Waals surface area contributed by atoms with Crippen LogP contribution in [0.25, 0.3) is 0 Å². The first-order chi connectivity index (χ1) is 5.72. The van der Waals surface area contributed by atoms with Crippen molar-refractivity contribution in [3.63, 3.8) is 0 Å². The van der Waals surface area contributed by atoms with Gasteiger partial charge in [-0.1, -0.05) is 0 Å². The Kier molecular flexibility index (Phi) is 2.57. The van der Waals surface area contributed by atoms with Gasteiger partial charge >= 0.3 is 6.03 Å². The molecule has 0 saturated carbocycles. The zero-order valence-corrected chi connectivity index (χ0v) is 6.96. The van der Waals surface area contributed by atoms with E-state index in [4.69, 9.17) is 0 Å². The van der Waals surface area contributed by atoms with Gasteiger partial charge in [-0.15, -0.1) is 0 Å². The maximum absolute atomic E-state index is 10.8. The Morgan fingerprint density at radius 1 is 1.42 bits per heavy atom. The molecule has 2 amide bonds. The van der Waals surface area contributed by atoms with Gasteiger partial charge in [-0.2, -0.15) is 0 Å². The van der Waals surface area contributed by atoms with Crippen LogP contribution >= 0.6 is 0 Å². The summed E-state index contributed by atoms with van der Waals surface area (Å²) in [5, 5.41) is 4.91. The standard InChI is InChI=1S/C7H10N4O/c1-5-3-10-6(4-9-5)11-7(12)8-2/h3-4H,1-2H3,(H2,8,10,11,12). The monoisotopic (exact) mass is 166 g/mol. The molecule has 0 bridgehead atoms. The number of anilines is 1. The highest BCUT2D eigenvalue weighted by Crippen LogP contribution is 1.98. The number of carbonyl (C=O) groups excluding carboxylic acids is 1. The lowest BCUT2D eigenvalue weighted by atomic mass is 10.5. The van der Waals surface area contributed by atoms with Crippen LogP contribution in [0.1, 0.15) is 5.69 Å². The van der Waals surface area contributed by atoms with Crippen molar-refractivity contribution in [3.05, 3.63) is 18.1 Å². The van der Waals surface area contributed by atoms with Crippen LogP contribution in [0.4, 0.5) is 10.6 Å². The molecule has 0 aromatic carbocycles. The van der Waals surface area contributed by atoms with Crippen molar-refractivity contribution >= 4 is 11.8 Å². The van der Waals surface area contributed by atoms with Crippen LogP contribution < -0.4 is 10.6 Å². The minimum absolute atomic E-state index is 0.298. The fourth-order valence-corrected chi connectivity index (χ4v) is 0.636. The van der Waals surface area contributed by atoms with E-state index in [1.54, 1.807) is 6.20 Å². The molecule has 1 heterocycles. The molecule has 0 fully saturated rings. The number of aryl methyl sites for hydroxylation is 1. The van der Waals surface area contributed by atoms with E-state index in [9.17, 15) is 4.79 Å². The molecule has 0 saturated heterocycles. The summed E-state index contributed by atoms with van der Waals surface area (Å²) in [5.41, 5.74) is 0.817. The van der Waals surface area contributed by atoms with Gasteiger partial charge in [-0.25, -0.2) is 9.78 Å². The van der Waals surface area contributed by atoms with E-state index in [-0.39, 0.29) is 6.03 Å². The summed E-state index contributed by atoms with van der Waals surface area (Å²) in [6, 6.07) is -0.298. The second kappa shape index (κ2) is 3.66. The zero-order chi connectivity index (χ0) is 8.97. The Morgan fingerprint density at radius 3 is 2.67 bits per heavy atom. The molecule has 0 aliphatic rings. The van der Waals surface area contributed by atoms with Crippen LogP contribution in [0.3, 0.4) is 0 Å². The van der Waals surface area contributed by atoms with E-state index in [1.807, 2.05) is 6.92 Å². The van der Waals surface area contributed by atoms with Gasteiger partial charge < -0.3 is 5.32 Å².